The Morgan fingerprint density at radius 3 is 2.57 bits per heavy atom. The van der Waals surface area contributed by atoms with Gasteiger partial charge in [0.25, 0.3) is 0 Å². The van der Waals surface area contributed by atoms with Crippen LogP contribution < -0.4 is 0 Å². The lowest BCUT2D eigenvalue weighted by molar-refractivity contribution is -0.258. The Bertz CT molecular complexity index is 511. The molecular weight excluding hydrogens is 280 g/mol. The van der Waals surface area contributed by atoms with E-state index in [4.69, 9.17) is 14.6 Å². The van der Waals surface area contributed by atoms with E-state index in [2.05, 4.69) is 0 Å². The van der Waals surface area contributed by atoms with Gasteiger partial charge >= 0.3 is 5.97 Å². The Morgan fingerprint density at radius 2 is 1.90 bits per heavy atom. The first-order valence-electron chi connectivity index (χ1n) is 6.31. The molecule has 0 amide bonds. The fourth-order valence-corrected chi connectivity index (χ4v) is 1.83. The second kappa shape index (κ2) is 6.68. The van der Waals surface area contributed by atoms with Crippen molar-refractivity contribution in [3.05, 3.63) is 35.9 Å². The van der Waals surface area contributed by atoms with E-state index in [1.165, 1.54) is 18.2 Å². The molecule has 0 aromatic heterocycles. The summed E-state index contributed by atoms with van der Waals surface area (Å²) in [5.41, 5.74) is 0.658. The number of benzene rings is 1. The van der Waals surface area contributed by atoms with Gasteiger partial charge in [-0.1, -0.05) is 12.1 Å². The molecule has 0 aliphatic carbocycles. The number of rotatable bonds is 3. The molecule has 0 unspecified atom stereocenters. The van der Waals surface area contributed by atoms with Crippen molar-refractivity contribution < 1.29 is 34.7 Å². The van der Waals surface area contributed by atoms with Crippen LogP contribution in [0.25, 0.3) is 6.08 Å². The molecule has 114 valence electrons. The maximum absolute atomic E-state index is 11.6. The van der Waals surface area contributed by atoms with Crippen molar-refractivity contribution in [1.82, 2.24) is 0 Å². The zero-order valence-corrected chi connectivity index (χ0v) is 11.0. The maximum atomic E-state index is 11.6. The number of phenolic OH excluding ortho intramolecular Hbond substituents is 1. The van der Waals surface area contributed by atoms with Crippen LogP contribution in [0.4, 0.5) is 0 Å². The molecule has 1 aliphatic heterocycles. The molecule has 1 fully saturated rings. The summed E-state index contributed by atoms with van der Waals surface area (Å²) in [6.45, 7) is -0.236. The van der Waals surface area contributed by atoms with Gasteiger partial charge in [0.1, 0.15) is 18.0 Å². The third-order valence-electron chi connectivity index (χ3n) is 3.01. The molecule has 7 heteroatoms. The minimum Gasteiger partial charge on any atom is -0.508 e. The number of ether oxygens (including phenoxy) is 2. The lowest BCUT2D eigenvalue weighted by Crippen LogP contribution is -2.54. The number of phenols is 1. The van der Waals surface area contributed by atoms with Crippen LogP contribution in [0.1, 0.15) is 5.56 Å². The Labute approximate surface area is 120 Å². The number of carbonyl (C=O) groups is 1. The molecule has 0 spiro atoms. The first kappa shape index (κ1) is 15.5. The van der Waals surface area contributed by atoms with Gasteiger partial charge in [0, 0.05) is 6.08 Å². The van der Waals surface area contributed by atoms with Crippen molar-refractivity contribution in [2.45, 2.75) is 24.6 Å². The first-order valence-corrected chi connectivity index (χ1v) is 6.31. The molecule has 0 saturated carbocycles. The highest BCUT2D eigenvalue weighted by molar-refractivity contribution is 5.87. The molecule has 1 heterocycles. The molecule has 0 radical (unpaired) electrons. The normalized spacial score (nSPS) is 29.5. The van der Waals surface area contributed by atoms with Gasteiger partial charge in [-0.05, 0) is 23.8 Å². The molecule has 21 heavy (non-hydrogen) atoms. The van der Waals surface area contributed by atoms with E-state index in [0.717, 1.165) is 6.08 Å². The lowest BCUT2D eigenvalue weighted by atomic mass is 10.1. The number of aliphatic hydroxyl groups is 3. The highest BCUT2D eigenvalue weighted by Gasteiger charge is 2.40. The number of hydrogen-bond donors (Lipinski definition) is 4. The van der Waals surface area contributed by atoms with E-state index in [-0.39, 0.29) is 12.4 Å². The quantitative estimate of drug-likeness (QED) is 0.434. The maximum Gasteiger partial charge on any atom is 0.331 e. The summed E-state index contributed by atoms with van der Waals surface area (Å²) in [5.74, 6) is -0.696. The van der Waals surface area contributed by atoms with Crippen molar-refractivity contribution in [1.29, 1.82) is 0 Å². The molecule has 2 rings (SSSR count). The van der Waals surface area contributed by atoms with E-state index in [0.29, 0.717) is 5.56 Å². The Kier molecular flexibility index (Phi) is 4.92. The standard InChI is InChI=1S/C14H16O7/c15-9-4-1-8(2-5-9)3-6-11(17)21-13-12(18)10(16)7-20-14(13)19/h1-6,10,12-16,18-19H,7H2/b6-3+/t10-,12+,13-,14-/m1/s1. The van der Waals surface area contributed by atoms with Crippen molar-refractivity contribution in [3.63, 3.8) is 0 Å². The summed E-state index contributed by atoms with van der Waals surface area (Å²) in [6.07, 6.45) is -2.94. The number of hydrogen-bond acceptors (Lipinski definition) is 7. The van der Waals surface area contributed by atoms with E-state index < -0.39 is 30.6 Å². The second-order valence-corrected chi connectivity index (χ2v) is 4.61. The third-order valence-corrected chi connectivity index (χ3v) is 3.01. The fourth-order valence-electron chi connectivity index (χ4n) is 1.83. The number of aromatic hydroxyl groups is 1. The van der Waals surface area contributed by atoms with Gasteiger partial charge in [-0.25, -0.2) is 4.79 Å². The Morgan fingerprint density at radius 1 is 1.24 bits per heavy atom. The van der Waals surface area contributed by atoms with E-state index in [1.807, 2.05) is 0 Å². The highest BCUT2D eigenvalue weighted by atomic mass is 16.7. The van der Waals surface area contributed by atoms with Gasteiger partial charge in [-0.2, -0.15) is 0 Å². The predicted molar refractivity (Wildman–Crippen MR) is 71.0 cm³/mol. The zero-order valence-electron chi connectivity index (χ0n) is 11.0. The highest BCUT2D eigenvalue weighted by Crippen LogP contribution is 2.17. The molecule has 7 nitrogen and oxygen atoms in total. The van der Waals surface area contributed by atoms with Gasteiger partial charge in [0.05, 0.1) is 6.61 Å². The van der Waals surface area contributed by atoms with Gasteiger partial charge in [0.2, 0.25) is 0 Å². The predicted octanol–water partition coefficient (Wildman–Crippen LogP) is -0.612. The van der Waals surface area contributed by atoms with Crippen molar-refractivity contribution >= 4 is 12.0 Å². The van der Waals surface area contributed by atoms with E-state index in [9.17, 15) is 20.1 Å². The minimum atomic E-state index is -1.49. The molecular formula is C14H16O7. The van der Waals surface area contributed by atoms with Gasteiger partial charge in [0.15, 0.2) is 12.4 Å². The minimum absolute atomic E-state index is 0.106. The van der Waals surface area contributed by atoms with Crippen LogP contribution in [0.3, 0.4) is 0 Å². The van der Waals surface area contributed by atoms with Crippen LogP contribution >= 0.6 is 0 Å². The van der Waals surface area contributed by atoms with Gasteiger partial charge in [-0.3, -0.25) is 0 Å². The third kappa shape index (κ3) is 4.02. The average Bonchev–Trinajstić information content (AvgIpc) is 2.47. The SMILES string of the molecule is O=C(/C=C/c1ccc(O)cc1)O[C@@H]1[C@@H](O)[C@H](O)CO[C@H]1O. The summed E-state index contributed by atoms with van der Waals surface area (Å²) < 4.78 is 9.64. The van der Waals surface area contributed by atoms with E-state index in [1.54, 1.807) is 12.1 Å². The molecule has 4 atom stereocenters. The molecule has 1 saturated heterocycles. The Hall–Kier alpha value is -1.93. The monoisotopic (exact) mass is 296 g/mol. The van der Waals surface area contributed by atoms with Gasteiger partial charge < -0.3 is 29.9 Å². The second-order valence-electron chi connectivity index (χ2n) is 4.61. The molecule has 1 aromatic rings. The molecule has 0 bridgehead atoms. The zero-order chi connectivity index (χ0) is 15.4. The van der Waals surface area contributed by atoms with Crippen molar-refractivity contribution in [2.24, 2.45) is 0 Å². The molecule has 1 aliphatic rings. The van der Waals surface area contributed by atoms with Crippen molar-refractivity contribution in [3.8, 4) is 5.75 Å². The summed E-state index contributed by atoms with van der Waals surface area (Å²) in [5, 5.41) is 37.7. The fraction of sp³-hybridized carbons (Fsp3) is 0.357. The summed E-state index contributed by atoms with van der Waals surface area (Å²) >= 11 is 0. The smallest absolute Gasteiger partial charge is 0.331 e. The lowest BCUT2D eigenvalue weighted by Gasteiger charge is -2.34. The average molecular weight is 296 g/mol. The number of aliphatic hydroxyl groups excluding tert-OH is 3. The van der Waals surface area contributed by atoms with Crippen LogP contribution in [0.5, 0.6) is 5.75 Å². The van der Waals surface area contributed by atoms with Crippen molar-refractivity contribution in [2.75, 3.05) is 6.61 Å². The number of carbonyl (C=O) groups excluding carboxylic acids is 1. The van der Waals surface area contributed by atoms with E-state index >= 15 is 0 Å². The van der Waals surface area contributed by atoms with Crippen LogP contribution in [-0.4, -0.2) is 57.6 Å². The summed E-state index contributed by atoms with van der Waals surface area (Å²) in [6, 6.07) is 6.11. The number of esters is 1. The van der Waals surface area contributed by atoms with Gasteiger partial charge in [-0.15, -0.1) is 0 Å². The molecule has 4 N–H and O–H groups in total. The summed E-state index contributed by atoms with van der Waals surface area (Å²) in [4.78, 5) is 11.6. The summed E-state index contributed by atoms with van der Waals surface area (Å²) in [7, 11) is 0. The van der Waals surface area contributed by atoms with Crippen LogP contribution in [0.2, 0.25) is 0 Å². The van der Waals surface area contributed by atoms with Crippen LogP contribution in [0.15, 0.2) is 30.3 Å². The Balaban J connectivity index is 1.95. The van der Waals surface area contributed by atoms with Crippen LogP contribution in [-0.2, 0) is 14.3 Å². The first-order chi connectivity index (χ1) is 9.97. The van der Waals surface area contributed by atoms with Crippen LogP contribution in [0, 0.1) is 0 Å². The largest absolute Gasteiger partial charge is 0.508 e. The topological polar surface area (TPSA) is 116 Å². The molecule has 1 aromatic carbocycles.